The number of aromatic nitrogens is 1. The molecule has 0 aliphatic rings. The molecule has 0 fully saturated rings. The first-order valence-corrected chi connectivity index (χ1v) is 3.77. The molecule has 1 N–H and O–H groups in total. The highest BCUT2D eigenvalue weighted by Crippen LogP contribution is 2.19. The minimum absolute atomic E-state index is 0.173. The third-order valence-corrected chi connectivity index (χ3v) is 1.55. The second-order valence-electron chi connectivity index (χ2n) is 1.73. The summed E-state index contributed by atoms with van der Waals surface area (Å²) in [5.74, 6) is 0.695. The van der Waals surface area contributed by atoms with Crippen LogP contribution in [0.15, 0.2) is 15.4 Å². The van der Waals surface area contributed by atoms with Crippen molar-refractivity contribution in [3.05, 3.63) is 22.2 Å². The molecule has 0 amide bonds. The van der Waals surface area contributed by atoms with Crippen LogP contribution in [0.4, 0.5) is 0 Å². The molecule has 3 nitrogen and oxygen atoms in total. The van der Waals surface area contributed by atoms with Gasteiger partial charge in [-0.2, -0.15) is 5.16 Å². The van der Waals surface area contributed by atoms with Crippen LogP contribution in [-0.2, 0) is 0 Å². The SMILES string of the molecule is C[C@@H](I)c1cc(=O)[nH]o1. The predicted molar refractivity (Wildman–Crippen MR) is 41.8 cm³/mol. The first-order chi connectivity index (χ1) is 4.20. The fourth-order valence-corrected chi connectivity index (χ4v) is 0.800. The molecule has 0 radical (unpaired) electrons. The highest BCUT2D eigenvalue weighted by molar-refractivity contribution is 14.1. The molecule has 1 aromatic rings. The summed E-state index contributed by atoms with van der Waals surface area (Å²) in [6.45, 7) is 1.95. The lowest BCUT2D eigenvalue weighted by molar-refractivity contribution is 0.382. The molecule has 0 aliphatic carbocycles. The fourth-order valence-electron chi connectivity index (χ4n) is 0.493. The van der Waals surface area contributed by atoms with Crippen LogP contribution in [0.5, 0.6) is 0 Å². The van der Waals surface area contributed by atoms with Crippen LogP contribution in [0.3, 0.4) is 0 Å². The van der Waals surface area contributed by atoms with E-state index >= 15 is 0 Å². The van der Waals surface area contributed by atoms with Crippen molar-refractivity contribution in [3.63, 3.8) is 0 Å². The van der Waals surface area contributed by atoms with E-state index in [1.807, 2.05) is 6.92 Å². The lowest BCUT2D eigenvalue weighted by atomic mass is 10.4. The maximum absolute atomic E-state index is 10.4. The summed E-state index contributed by atoms with van der Waals surface area (Å²) in [5, 5.41) is 2.21. The van der Waals surface area contributed by atoms with Gasteiger partial charge in [0.2, 0.25) is 0 Å². The van der Waals surface area contributed by atoms with E-state index < -0.39 is 0 Å². The molecule has 9 heavy (non-hydrogen) atoms. The number of hydrogen-bond donors (Lipinski definition) is 1. The van der Waals surface area contributed by atoms with Gasteiger partial charge < -0.3 is 4.52 Å². The van der Waals surface area contributed by atoms with Gasteiger partial charge in [0, 0.05) is 6.07 Å². The van der Waals surface area contributed by atoms with Crippen LogP contribution in [-0.4, -0.2) is 5.16 Å². The van der Waals surface area contributed by atoms with Gasteiger partial charge in [0.25, 0.3) is 5.56 Å². The molecule has 0 aliphatic heterocycles. The van der Waals surface area contributed by atoms with Gasteiger partial charge in [-0.15, -0.1) is 0 Å². The Morgan fingerprint density at radius 2 is 2.56 bits per heavy atom. The first-order valence-electron chi connectivity index (χ1n) is 2.52. The van der Waals surface area contributed by atoms with Crippen LogP contribution < -0.4 is 5.56 Å². The van der Waals surface area contributed by atoms with Crippen molar-refractivity contribution in [2.24, 2.45) is 0 Å². The number of rotatable bonds is 1. The van der Waals surface area contributed by atoms with E-state index in [-0.39, 0.29) is 9.48 Å². The maximum Gasteiger partial charge on any atom is 0.280 e. The molecule has 1 atom stereocenters. The molecule has 0 bridgehead atoms. The molecule has 1 rings (SSSR count). The zero-order valence-electron chi connectivity index (χ0n) is 4.85. The maximum atomic E-state index is 10.4. The summed E-state index contributed by atoms with van der Waals surface area (Å²) in [7, 11) is 0. The number of nitrogens with one attached hydrogen (secondary N) is 1. The van der Waals surface area contributed by atoms with Gasteiger partial charge in [0.1, 0.15) is 5.76 Å². The van der Waals surface area contributed by atoms with Gasteiger partial charge in [0.05, 0.1) is 3.92 Å². The number of hydrogen-bond acceptors (Lipinski definition) is 2. The first kappa shape index (κ1) is 6.85. The van der Waals surface area contributed by atoms with Crippen LogP contribution in [0.25, 0.3) is 0 Å². The number of alkyl halides is 1. The monoisotopic (exact) mass is 239 g/mol. The van der Waals surface area contributed by atoms with Crippen LogP contribution in [0.2, 0.25) is 0 Å². The molecular weight excluding hydrogens is 233 g/mol. The predicted octanol–water partition coefficient (Wildman–Crippen LogP) is 1.46. The molecule has 0 saturated heterocycles. The van der Waals surface area contributed by atoms with Crippen molar-refractivity contribution >= 4 is 22.6 Å². The number of halogens is 1. The summed E-state index contributed by atoms with van der Waals surface area (Å²) in [6.07, 6.45) is 0. The third kappa shape index (κ3) is 1.57. The molecular formula is C5H6INO2. The standard InChI is InChI=1S/C5H6INO2/c1-3(6)4-2-5(8)7-9-4/h2-3H,1H3,(H,7,8)/t3-/m1/s1. The van der Waals surface area contributed by atoms with E-state index in [1.54, 1.807) is 0 Å². The molecule has 1 aromatic heterocycles. The summed E-state index contributed by atoms with van der Waals surface area (Å²) < 4.78 is 5.03. The Balaban J connectivity index is 2.98. The molecule has 50 valence electrons. The highest BCUT2D eigenvalue weighted by Gasteiger charge is 2.04. The van der Waals surface area contributed by atoms with E-state index in [9.17, 15) is 4.79 Å². The van der Waals surface area contributed by atoms with Crippen LogP contribution in [0.1, 0.15) is 16.6 Å². The van der Waals surface area contributed by atoms with Gasteiger partial charge in [-0.1, -0.05) is 22.6 Å². The highest BCUT2D eigenvalue weighted by atomic mass is 127. The second kappa shape index (κ2) is 2.55. The Morgan fingerprint density at radius 3 is 2.78 bits per heavy atom. The Hall–Kier alpha value is -0.260. The Labute approximate surface area is 65.5 Å². The quantitative estimate of drug-likeness (QED) is 0.595. The van der Waals surface area contributed by atoms with E-state index in [2.05, 4.69) is 27.7 Å². The topological polar surface area (TPSA) is 46.0 Å². The summed E-state index contributed by atoms with van der Waals surface area (Å²) in [4.78, 5) is 10.4. The summed E-state index contributed by atoms with van der Waals surface area (Å²) in [6, 6.07) is 1.46. The van der Waals surface area contributed by atoms with Crippen molar-refractivity contribution in [1.82, 2.24) is 5.16 Å². The van der Waals surface area contributed by atoms with Gasteiger partial charge >= 0.3 is 0 Å². The Kier molecular flexibility index (Phi) is 1.94. The van der Waals surface area contributed by atoms with Crippen molar-refractivity contribution < 1.29 is 4.52 Å². The summed E-state index contributed by atoms with van der Waals surface area (Å²) >= 11 is 2.17. The molecule has 0 saturated carbocycles. The third-order valence-electron chi connectivity index (χ3n) is 0.935. The smallest absolute Gasteiger partial charge is 0.280 e. The molecule has 1 heterocycles. The van der Waals surface area contributed by atoms with Crippen molar-refractivity contribution in [3.8, 4) is 0 Å². The largest absolute Gasteiger partial charge is 0.382 e. The van der Waals surface area contributed by atoms with Gasteiger partial charge in [-0.05, 0) is 6.92 Å². The minimum Gasteiger partial charge on any atom is -0.382 e. The lowest BCUT2D eigenvalue weighted by Crippen LogP contribution is -1.92. The fraction of sp³-hybridized carbons (Fsp3) is 0.400. The van der Waals surface area contributed by atoms with E-state index in [4.69, 9.17) is 4.52 Å². The van der Waals surface area contributed by atoms with E-state index in [0.29, 0.717) is 5.76 Å². The van der Waals surface area contributed by atoms with Crippen molar-refractivity contribution in [1.29, 1.82) is 0 Å². The second-order valence-corrected chi connectivity index (χ2v) is 3.60. The average Bonchev–Trinajstić information content (AvgIpc) is 2.14. The van der Waals surface area contributed by atoms with Crippen molar-refractivity contribution in [2.75, 3.05) is 0 Å². The van der Waals surface area contributed by atoms with E-state index in [0.717, 1.165) is 0 Å². The average molecular weight is 239 g/mol. The zero-order valence-corrected chi connectivity index (χ0v) is 7.01. The Bertz CT molecular complexity index is 237. The van der Waals surface area contributed by atoms with E-state index in [1.165, 1.54) is 6.07 Å². The Morgan fingerprint density at radius 1 is 1.89 bits per heavy atom. The number of H-pyrrole nitrogens is 1. The van der Waals surface area contributed by atoms with Gasteiger partial charge in [-0.25, -0.2) is 0 Å². The van der Waals surface area contributed by atoms with Gasteiger partial charge in [-0.3, -0.25) is 4.79 Å². The van der Waals surface area contributed by atoms with Crippen LogP contribution in [0, 0.1) is 0 Å². The summed E-state index contributed by atoms with van der Waals surface area (Å²) in [5.41, 5.74) is -0.173. The van der Waals surface area contributed by atoms with Crippen molar-refractivity contribution in [2.45, 2.75) is 10.8 Å². The lowest BCUT2D eigenvalue weighted by Gasteiger charge is -1.90. The van der Waals surface area contributed by atoms with Crippen LogP contribution >= 0.6 is 22.6 Å². The molecule has 0 spiro atoms. The molecule has 4 heteroatoms. The van der Waals surface area contributed by atoms with Gasteiger partial charge in [0.15, 0.2) is 0 Å². The molecule has 0 unspecified atom stereocenters. The number of aromatic amines is 1. The normalized spacial score (nSPS) is 13.6. The minimum atomic E-state index is -0.173. The molecule has 0 aromatic carbocycles. The zero-order chi connectivity index (χ0) is 6.85.